The number of carboxylic acid groups (broad SMARTS) is 1. The van der Waals surface area contributed by atoms with Gasteiger partial charge in [-0.3, -0.25) is 4.79 Å². The maximum absolute atomic E-state index is 12.6. The lowest BCUT2D eigenvalue weighted by Crippen LogP contribution is -2.37. The van der Waals surface area contributed by atoms with Crippen LogP contribution >= 0.6 is 0 Å². The minimum absolute atomic E-state index is 0.0118. The first kappa shape index (κ1) is 20.2. The van der Waals surface area contributed by atoms with E-state index in [0.717, 1.165) is 12.8 Å². The molecule has 26 heavy (non-hydrogen) atoms. The molecule has 0 radical (unpaired) electrons. The van der Waals surface area contributed by atoms with Gasteiger partial charge in [0.05, 0.1) is 4.90 Å². The molecule has 1 aromatic carbocycles. The number of carbonyl (C=O) groups excluding carboxylic acids is 1. The number of nitrogens with one attached hydrogen (secondary N) is 2. The lowest BCUT2D eigenvalue weighted by atomic mass is 10.0. The van der Waals surface area contributed by atoms with Crippen LogP contribution in [0.25, 0.3) is 0 Å². The summed E-state index contributed by atoms with van der Waals surface area (Å²) in [5.74, 6) is -0.366. The van der Waals surface area contributed by atoms with Crippen LogP contribution < -0.4 is 10.6 Å². The van der Waals surface area contributed by atoms with Crippen molar-refractivity contribution in [1.29, 1.82) is 0 Å². The van der Waals surface area contributed by atoms with Gasteiger partial charge in [0.15, 0.2) is 0 Å². The summed E-state index contributed by atoms with van der Waals surface area (Å²) < 4.78 is 26.8. The van der Waals surface area contributed by atoms with Crippen molar-refractivity contribution < 1.29 is 23.1 Å². The molecule has 1 fully saturated rings. The number of aliphatic carboxylic acids is 1. The highest BCUT2D eigenvalue weighted by molar-refractivity contribution is 7.89. The first-order valence-electron chi connectivity index (χ1n) is 8.66. The van der Waals surface area contributed by atoms with Gasteiger partial charge >= 0.3 is 12.0 Å². The number of nitrogens with zero attached hydrogens (tertiary/aromatic N) is 1. The number of carboxylic acids is 1. The van der Waals surface area contributed by atoms with E-state index >= 15 is 0 Å². The topological polar surface area (TPSA) is 116 Å². The Kier molecular flexibility index (Phi) is 6.98. The molecular formula is C17H25N3O5S. The highest BCUT2D eigenvalue weighted by Crippen LogP contribution is 2.24. The zero-order valence-electron chi connectivity index (χ0n) is 14.8. The lowest BCUT2D eigenvalue weighted by Gasteiger charge is -2.29. The van der Waals surface area contributed by atoms with Gasteiger partial charge in [-0.05, 0) is 49.4 Å². The summed E-state index contributed by atoms with van der Waals surface area (Å²) in [5.41, 5.74) is 0.465. The summed E-state index contributed by atoms with van der Waals surface area (Å²) in [7, 11) is -3.51. The zero-order valence-corrected chi connectivity index (χ0v) is 15.6. The second-order valence-corrected chi connectivity index (χ2v) is 8.43. The van der Waals surface area contributed by atoms with E-state index in [2.05, 4.69) is 17.6 Å². The summed E-state index contributed by atoms with van der Waals surface area (Å²) >= 11 is 0. The van der Waals surface area contributed by atoms with Crippen LogP contribution in [-0.4, -0.2) is 49.5 Å². The Labute approximate surface area is 153 Å². The van der Waals surface area contributed by atoms with Crippen molar-refractivity contribution in [2.75, 3.05) is 25.0 Å². The summed E-state index contributed by atoms with van der Waals surface area (Å²) in [6.07, 6.45) is 2.05. The second kappa shape index (κ2) is 9.00. The van der Waals surface area contributed by atoms with Crippen LogP contribution in [0.1, 0.15) is 32.6 Å². The highest BCUT2D eigenvalue weighted by atomic mass is 32.2. The number of sulfonamides is 1. The van der Waals surface area contributed by atoms with Crippen LogP contribution in [0.2, 0.25) is 0 Å². The van der Waals surface area contributed by atoms with Crippen LogP contribution in [0.5, 0.6) is 0 Å². The Morgan fingerprint density at radius 3 is 2.38 bits per heavy atom. The molecule has 1 aliphatic heterocycles. The number of hydrogen-bond acceptors (Lipinski definition) is 4. The van der Waals surface area contributed by atoms with E-state index in [1.165, 1.54) is 28.6 Å². The number of urea groups is 1. The summed E-state index contributed by atoms with van der Waals surface area (Å²) in [6.45, 7) is 3.43. The Bertz CT molecular complexity index is 725. The van der Waals surface area contributed by atoms with Crippen molar-refractivity contribution in [1.82, 2.24) is 9.62 Å². The van der Waals surface area contributed by atoms with Gasteiger partial charge in [0.2, 0.25) is 10.0 Å². The molecule has 2 amide bonds. The highest BCUT2D eigenvalue weighted by Gasteiger charge is 2.27. The second-order valence-electron chi connectivity index (χ2n) is 6.49. The number of anilines is 1. The molecule has 1 heterocycles. The third-order valence-electron chi connectivity index (χ3n) is 4.35. The number of rotatable bonds is 7. The normalized spacial score (nSPS) is 16.2. The van der Waals surface area contributed by atoms with Gasteiger partial charge in [0, 0.05) is 31.7 Å². The van der Waals surface area contributed by atoms with E-state index in [4.69, 9.17) is 5.11 Å². The maximum atomic E-state index is 12.6. The van der Waals surface area contributed by atoms with Gasteiger partial charge in [-0.15, -0.1) is 0 Å². The molecule has 1 aliphatic rings. The predicted octanol–water partition coefficient (Wildman–Crippen LogP) is 2.09. The van der Waals surface area contributed by atoms with Crippen LogP contribution in [0.15, 0.2) is 29.2 Å². The molecule has 0 aromatic heterocycles. The standard InChI is InChI=1S/C17H25N3O5S/c1-13-8-11-20(12-9-13)26(24,25)15-6-4-14(5-7-15)19-17(23)18-10-2-3-16(21)22/h4-7,13H,2-3,8-12H2,1H3,(H,21,22)(H2,18,19,23). The monoisotopic (exact) mass is 383 g/mol. The molecule has 0 unspecified atom stereocenters. The Morgan fingerprint density at radius 2 is 1.81 bits per heavy atom. The molecule has 0 bridgehead atoms. The van der Waals surface area contributed by atoms with E-state index in [1.807, 2.05) is 0 Å². The summed E-state index contributed by atoms with van der Waals surface area (Å²) in [4.78, 5) is 22.3. The fourth-order valence-electron chi connectivity index (χ4n) is 2.70. The van der Waals surface area contributed by atoms with Crippen molar-refractivity contribution >= 4 is 27.7 Å². The van der Waals surface area contributed by atoms with E-state index in [-0.39, 0.29) is 17.9 Å². The molecule has 0 spiro atoms. The number of benzene rings is 1. The van der Waals surface area contributed by atoms with Crippen LogP contribution in [0.4, 0.5) is 10.5 Å². The fraction of sp³-hybridized carbons (Fsp3) is 0.529. The molecule has 0 atom stereocenters. The average molecular weight is 383 g/mol. The molecule has 1 saturated heterocycles. The van der Waals surface area contributed by atoms with Gasteiger partial charge in [-0.1, -0.05) is 6.92 Å². The van der Waals surface area contributed by atoms with Gasteiger partial charge in [0.1, 0.15) is 0 Å². The lowest BCUT2D eigenvalue weighted by molar-refractivity contribution is -0.137. The van der Waals surface area contributed by atoms with Crippen molar-refractivity contribution in [2.24, 2.45) is 5.92 Å². The van der Waals surface area contributed by atoms with Gasteiger partial charge in [0.25, 0.3) is 0 Å². The Morgan fingerprint density at radius 1 is 1.19 bits per heavy atom. The molecule has 0 aliphatic carbocycles. The summed E-state index contributed by atoms with van der Waals surface area (Å²) in [6, 6.07) is 5.57. The molecule has 9 heteroatoms. The molecule has 3 N–H and O–H groups in total. The Balaban J connectivity index is 1.89. The fourth-order valence-corrected chi connectivity index (χ4v) is 4.17. The maximum Gasteiger partial charge on any atom is 0.319 e. The van der Waals surface area contributed by atoms with E-state index < -0.39 is 22.0 Å². The molecule has 8 nitrogen and oxygen atoms in total. The predicted molar refractivity (Wildman–Crippen MR) is 97.5 cm³/mol. The van der Waals surface area contributed by atoms with Crippen molar-refractivity contribution in [3.8, 4) is 0 Å². The smallest absolute Gasteiger partial charge is 0.319 e. The number of piperidine rings is 1. The minimum atomic E-state index is -3.51. The Hall–Kier alpha value is -2.13. The van der Waals surface area contributed by atoms with Crippen molar-refractivity contribution in [3.05, 3.63) is 24.3 Å². The molecular weight excluding hydrogens is 358 g/mol. The largest absolute Gasteiger partial charge is 0.481 e. The molecule has 144 valence electrons. The van der Waals surface area contributed by atoms with Crippen LogP contribution in [0, 0.1) is 5.92 Å². The third kappa shape index (κ3) is 5.70. The van der Waals surface area contributed by atoms with Gasteiger partial charge in [-0.25, -0.2) is 13.2 Å². The molecule has 0 saturated carbocycles. The first-order chi connectivity index (χ1) is 12.3. The summed E-state index contributed by atoms with van der Waals surface area (Å²) in [5, 5.41) is 13.7. The van der Waals surface area contributed by atoms with E-state index in [0.29, 0.717) is 31.1 Å². The number of amides is 2. The van der Waals surface area contributed by atoms with Gasteiger partial charge < -0.3 is 15.7 Å². The van der Waals surface area contributed by atoms with E-state index in [9.17, 15) is 18.0 Å². The minimum Gasteiger partial charge on any atom is -0.481 e. The third-order valence-corrected chi connectivity index (χ3v) is 6.26. The molecule has 2 rings (SSSR count). The van der Waals surface area contributed by atoms with Crippen LogP contribution in [0.3, 0.4) is 0 Å². The quantitative estimate of drug-likeness (QED) is 0.624. The van der Waals surface area contributed by atoms with Crippen LogP contribution in [-0.2, 0) is 14.8 Å². The van der Waals surface area contributed by atoms with E-state index in [1.54, 1.807) is 0 Å². The molecule has 1 aromatic rings. The van der Waals surface area contributed by atoms with Crippen molar-refractivity contribution in [2.45, 2.75) is 37.5 Å². The van der Waals surface area contributed by atoms with Gasteiger partial charge in [-0.2, -0.15) is 4.31 Å². The van der Waals surface area contributed by atoms with Crippen molar-refractivity contribution in [3.63, 3.8) is 0 Å². The average Bonchev–Trinajstić information content (AvgIpc) is 2.59. The number of hydrogen-bond donors (Lipinski definition) is 3. The first-order valence-corrected chi connectivity index (χ1v) is 10.1. The number of carbonyl (C=O) groups is 2. The SMILES string of the molecule is CC1CCN(S(=O)(=O)c2ccc(NC(=O)NCCCC(=O)O)cc2)CC1. The zero-order chi connectivity index (χ0) is 19.2.